The standard InChI is InChI=1S/C56H38N2/c1-3-11-39(12-4-1)41-25-29-50(30-26-41)57(52-33-34-56-54(38-52)53-17-9-10-18-55(53)58(56)49-15-5-2-6-16-49)51-31-27-42(28-32-51)44-21-22-47-37-48(24-23-46(47)36-44)45-20-19-40-13-7-8-14-43(40)35-45/h1-38H. The average molecular weight is 739 g/mol. The van der Waals surface area contributed by atoms with Crippen molar-refractivity contribution in [1.82, 2.24) is 4.57 Å². The molecule has 0 saturated carbocycles. The Morgan fingerprint density at radius 1 is 0.259 bits per heavy atom. The molecule has 1 heterocycles. The van der Waals surface area contributed by atoms with Crippen molar-refractivity contribution in [2.24, 2.45) is 0 Å². The summed E-state index contributed by atoms with van der Waals surface area (Å²) in [5.74, 6) is 0. The molecule has 0 fully saturated rings. The highest BCUT2D eigenvalue weighted by molar-refractivity contribution is 6.10. The highest BCUT2D eigenvalue weighted by Gasteiger charge is 2.18. The molecule has 2 nitrogen and oxygen atoms in total. The zero-order valence-electron chi connectivity index (χ0n) is 31.8. The molecule has 0 radical (unpaired) electrons. The smallest absolute Gasteiger partial charge is 0.0542 e. The van der Waals surface area contributed by atoms with E-state index in [4.69, 9.17) is 0 Å². The van der Waals surface area contributed by atoms with Crippen LogP contribution in [0.4, 0.5) is 17.1 Å². The van der Waals surface area contributed by atoms with Gasteiger partial charge in [-0.25, -0.2) is 0 Å². The molecule has 0 aliphatic rings. The third kappa shape index (κ3) is 6.00. The maximum Gasteiger partial charge on any atom is 0.0542 e. The predicted octanol–water partition coefficient (Wildman–Crippen LogP) is 15.6. The zero-order chi connectivity index (χ0) is 38.4. The van der Waals surface area contributed by atoms with Gasteiger partial charge < -0.3 is 9.47 Å². The van der Waals surface area contributed by atoms with E-state index in [-0.39, 0.29) is 0 Å². The molecule has 0 amide bonds. The van der Waals surface area contributed by atoms with Gasteiger partial charge >= 0.3 is 0 Å². The van der Waals surface area contributed by atoms with Crippen molar-refractivity contribution >= 4 is 60.4 Å². The molecule has 1 aromatic heterocycles. The van der Waals surface area contributed by atoms with Gasteiger partial charge in [0.15, 0.2) is 0 Å². The van der Waals surface area contributed by atoms with Crippen molar-refractivity contribution in [1.29, 1.82) is 0 Å². The molecule has 11 rings (SSSR count). The molecular formula is C56H38N2. The molecule has 0 aliphatic carbocycles. The van der Waals surface area contributed by atoms with Gasteiger partial charge in [0.25, 0.3) is 0 Å². The molecule has 0 atom stereocenters. The number of para-hydroxylation sites is 2. The van der Waals surface area contributed by atoms with E-state index in [1.807, 2.05) is 0 Å². The molecule has 0 aliphatic heterocycles. The first-order chi connectivity index (χ1) is 28.7. The fourth-order valence-electron chi connectivity index (χ4n) is 8.61. The van der Waals surface area contributed by atoms with Gasteiger partial charge in [0.1, 0.15) is 0 Å². The molecule has 0 unspecified atom stereocenters. The van der Waals surface area contributed by atoms with E-state index in [1.165, 1.54) is 76.7 Å². The Balaban J connectivity index is 0.976. The lowest BCUT2D eigenvalue weighted by Crippen LogP contribution is -2.10. The van der Waals surface area contributed by atoms with Crippen LogP contribution in [0.5, 0.6) is 0 Å². The quantitative estimate of drug-likeness (QED) is 0.158. The van der Waals surface area contributed by atoms with E-state index >= 15 is 0 Å². The minimum absolute atomic E-state index is 1.10. The lowest BCUT2D eigenvalue weighted by Gasteiger charge is -2.26. The molecule has 2 heteroatoms. The van der Waals surface area contributed by atoms with Crippen molar-refractivity contribution in [2.75, 3.05) is 4.90 Å². The topological polar surface area (TPSA) is 8.17 Å². The molecule has 0 spiro atoms. The van der Waals surface area contributed by atoms with Crippen LogP contribution >= 0.6 is 0 Å². The Morgan fingerprint density at radius 2 is 0.690 bits per heavy atom. The first-order valence-corrected chi connectivity index (χ1v) is 19.9. The minimum Gasteiger partial charge on any atom is -0.310 e. The van der Waals surface area contributed by atoms with Gasteiger partial charge in [-0.1, -0.05) is 152 Å². The summed E-state index contributed by atoms with van der Waals surface area (Å²) in [6, 6.07) is 83.7. The Bertz CT molecular complexity index is 3250. The van der Waals surface area contributed by atoms with Crippen LogP contribution in [-0.2, 0) is 0 Å². The summed E-state index contributed by atoms with van der Waals surface area (Å²) in [5.41, 5.74) is 14.1. The summed E-state index contributed by atoms with van der Waals surface area (Å²) in [6.45, 7) is 0. The summed E-state index contributed by atoms with van der Waals surface area (Å²) in [5, 5.41) is 7.45. The zero-order valence-corrected chi connectivity index (χ0v) is 31.8. The largest absolute Gasteiger partial charge is 0.310 e. The second-order valence-corrected chi connectivity index (χ2v) is 15.0. The Morgan fingerprint density at radius 3 is 1.34 bits per heavy atom. The predicted molar refractivity (Wildman–Crippen MR) is 247 cm³/mol. The van der Waals surface area contributed by atoms with Crippen LogP contribution in [0.25, 0.3) is 82.4 Å². The van der Waals surface area contributed by atoms with Crippen LogP contribution < -0.4 is 4.90 Å². The second-order valence-electron chi connectivity index (χ2n) is 15.0. The number of hydrogen-bond donors (Lipinski definition) is 0. The van der Waals surface area contributed by atoms with E-state index in [9.17, 15) is 0 Å². The van der Waals surface area contributed by atoms with Crippen LogP contribution in [-0.4, -0.2) is 4.57 Å². The minimum atomic E-state index is 1.10. The molecule has 0 saturated heterocycles. The average Bonchev–Trinajstić information content (AvgIpc) is 3.63. The fraction of sp³-hybridized carbons (Fsp3) is 0. The third-order valence-electron chi connectivity index (χ3n) is 11.5. The SMILES string of the molecule is c1ccc(-c2ccc(N(c3ccc(-c4ccc5cc(-c6ccc7ccccc7c6)ccc5c4)cc3)c3ccc4c(c3)c3ccccc3n4-c3ccccc3)cc2)cc1. The van der Waals surface area contributed by atoms with Gasteiger partial charge in [0.05, 0.1) is 11.0 Å². The van der Waals surface area contributed by atoms with Crippen LogP contribution in [0.15, 0.2) is 231 Å². The van der Waals surface area contributed by atoms with E-state index in [0.717, 1.165) is 22.7 Å². The van der Waals surface area contributed by atoms with Gasteiger partial charge in [0.2, 0.25) is 0 Å². The van der Waals surface area contributed by atoms with Gasteiger partial charge in [-0.3, -0.25) is 0 Å². The molecule has 11 aromatic rings. The number of nitrogens with zero attached hydrogens (tertiary/aromatic N) is 2. The highest BCUT2D eigenvalue weighted by atomic mass is 15.1. The van der Waals surface area contributed by atoms with Crippen LogP contribution in [0.1, 0.15) is 0 Å². The highest BCUT2D eigenvalue weighted by Crippen LogP contribution is 2.41. The van der Waals surface area contributed by atoms with E-state index in [0.29, 0.717) is 0 Å². The van der Waals surface area contributed by atoms with Crippen LogP contribution in [0.2, 0.25) is 0 Å². The van der Waals surface area contributed by atoms with E-state index < -0.39 is 0 Å². The first-order valence-electron chi connectivity index (χ1n) is 19.9. The Labute approximate surface area is 338 Å². The number of hydrogen-bond acceptors (Lipinski definition) is 1. The van der Waals surface area contributed by atoms with Crippen molar-refractivity contribution in [3.05, 3.63) is 231 Å². The Kier molecular flexibility index (Phi) is 8.19. The summed E-state index contributed by atoms with van der Waals surface area (Å²) in [7, 11) is 0. The number of rotatable bonds is 7. The first kappa shape index (κ1) is 33.6. The van der Waals surface area contributed by atoms with Gasteiger partial charge in [0, 0.05) is 33.5 Å². The molecular weight excluding hydrogens is 701 g/mol. The van der Waals surface area contributed by atoms with Crippen molar-refractivity contribution in [3.63, 3.8) is 0 Å². The number of anilines is 3. The summed E-state index contributed by atoms with van der Waals surface area (Å²) in [4.78, 5) is 2.38. The van der Waals surface area contributed by atoms with Gasteiger partial charge in [-0.15, -0.1) is 0 Å². The van der Waals surface area contributed by atoms with Crippen molar-refractivity contribution in [2.45, 2.75) is 0 Å². The molecule has 10 aromatic carbocycles. The summed E-state index contributed by atoms with van der Waals surface area (Å²) >= 11 is 0. The second kappa shape index (κ2) is 14.1. The number of benzene rings is 10. The molecule has 272 valence electrons. The third-order valence-corrected chi connectivity index (χ3v) is 11.5. The van der Waals surface area contributed by atoms with Crippen LogP contribution in [0.3, 0.4) is 0 Å². The molecule has 0 N–H and O–H groups in total. The van der Waals surface area contributed by atoms with Crippen molar-refractivity contribution < 1.29 is 0 Å². The van der Waals surface area contributed by atoms with Crippen LogP contribution in [0, 0.1) is 0 Å². The van der Waals surface area contributed by atoms with Crippen molar-refractivity contribution in [3.8, 4) is 39.1 Å². The molecule has 58 heavy (non-hydrogen) atoms. The van der Waals surface area contributed by atoms with Gasteiger partial charge in [-0.2, -0.15) is 0 Å². The maximum atomic E-state index is 2.38. The lowest BCUT2D eigenvalue weighted by molar-refractivity contribution is 1.18. The maximum absolute atomic E-state index is 2.38. The van der Waals surface area contributed by atoms with Gasteiger partial charge in [-0.05, 0) is 134 Å². The molecule has 0 bridgehead atoms. The monoisotopic (exact) mass is 738 g/mol. The summed E-state index contributed by atoms with van der Waals surface area (Å²) in [6.07, 6.45) is 0. The summed E-state index contributed by atoms with van der Waals surface area (Å²) < 4.78 is 2.37. The fourth-order valence-corrected chi connectivity index (χ4v) is 8.61. The lowest BCUT2D eigenvalue weighted by atomic mass is 9.96. The number of fused-ring (bicyclic) bond motifs is 5. The Hall–Kier alpha value is -7.68. The number of aromatic nitrogens is 1. The normalized spacial score (nSPS) is 11.4. The van der Waals surface area contributed by atoms with E-state index in [2.05, 4.69) is 240 Å². The van der Waals surface area contributed by atoms with E-state index in [1.54, 1.807) is 0 Å².